The average molecular weight is 421 g/mol. The van der Waals surface area contributed by atoms with E-state index in [2.05, 4.69) is 42.0 Å². The SMILES string of the molecule is Cc1cccc(C=C[C@@H]2[C@@H](CCCc3ccc(OC(=O)O)s3)[C@H](Cl)C[C@H]2O)c1. The van der Waals surface area contributed by atoms with Crippen LogP contribution in [0.2, 0.25) is 0 Å². The molecule has 0 amide bonds. The highest BCUT2D eigenvalue weighted by Crippen LogP contribution is 2.40. The summed E-state index contributed by atoms with van der Waals surface area (Å²) in [4.78, 5) is 11.7. The van der Waals surface area contributed by atoms with Gasteiger partial charge in [-0.1, -0.05) is 42.0 Å². The summed E-state index contributed by atoms with van der Waals surface area (Å²) in [6.07, 6.45) is 5.80. The van der Waals surface area contributed by atoms with E-state index in [0.29, 0.717) is 11.5 Å². The van der Waals surface area contributed by atoms with E-state index in [1.54, 1.807) is 6.07 Å². The number of ether oxygens (including phenoxy) is 1. The average Bonchev–Trinajstić information content (AvgIpc) is 3.17. The molecule has 0 aliphatic heterocycles. The quantitative estimate of drug-likeness (QED) is 0.441. The zero-order valence-electron chi connectivity index (χ0n) is 15.8. The van der Waals surface area contributed by atoms with Gasteiger partial charge in [0.15, 0.2) is 5.06 Å². The molecular formula is C22H25ClO4S. The van der Waals surface area contributed by atoms with Crippen molar-refractivity contribution in [3.8, 4) is 5.06 Å². The Labute approximate surface area is 174 Å². The summed E-state index contributed by atoms with van der Waals surface area (Å²) in [5.74, 6) is 0.282. The second-order valence-corrected chi connectivity index (χ2v) is 9.01. The van der Waals surface area contributed by atoms with Crippen LogP contribution in [0.3, 0.4) is 0 Å². The second kappa shape index (κ2) is 9.59. The van der Waals surface area contributed by atoms with Crippen molar-refractivity contribution >= 4 is 35.2 Å². The molecular weight excluding hydrogens is 396 g/mol. The van der Waals surface area contributed by atoms with Crippen LogP contribution in [-0.4, -0.2) is 27.8 Å². The Hall–Kier alpha value is -1.82. The number of alkyl halides is 1. The van der Waals surface area contributed by atoms with Gasteiger partial charge < -0.3 is 14.9 Å². The predicted molar refractivity (Wildman–Crippen MR) is 113 cm³/mol. The first-order chi connectivity index (χ1) is 13.4. The monoisotopic (exact) mass is 420 g/mol. The van der Waals surface area contributed by atoms with Gasteiger partial charge in [0.25, 0.3) is 0 Å². The number of benzene rings is 1. The zero-order valence-corrected chi connectivity index (χ0v) is 17.3. The van der Waals surface area contributed by atoms with E-state index in [0.717, 1.165) is 29.7 Å². The van der Waals surface area contributed by atoms with Crippen LogP contribution in [0.5, 0.6) is 5.06 Å². The maximum Gasteiger partial charge on any atom is 0.512 e. The predicted octanol–water partition coefficient (Wildman–Crippen LogP) is 5.75. The molecule has 0 saturated heterocycles. The number of carbonyl (C=O) groups is 1. The molecule has 0 unspecified atom stereocenters. The van der Waals surface area contributed by atoms with Gasteiger partial charge in [0, 0.05) is 16.2 Å². The molecule has 4 atom stereocenters. The van der Waals surface area contributed by atoms with Crippen molar-refractivity contribution in [2.24, 2.45) is 11.8 Å². The molecule has 1 saturated carbocycles. The first-order valence-corrected chi connectivity index (χ1v) is 10.7. The fourth-order valence-electron chi connectivity index (χ4n) is 3.87. The molecule has 0 bridgehead atoms. The Morgan fingerprint density at radius 3 is 2.93 bits per heavy atom. The minimum atomic E-state index is -1.29. The topological polar surface area (TPSA) is 66.8 Å². The summed E-state index contributed by atoms with van der Waals surface area (Å²) in [5, 5.41) is 19.5. The van der Waals surface area contributed by atoms with E-state index in [-0.39, 0.29) is 17.2 Å². The third-order valence-corrected chi connectivity index (χ3v) is 6.73. The molecule has 0 spiro atoms. The number of hydrogen-bond donors (Lipinski definition) is 2. The Bertz CT molecular complexity index is 831. The Balaban J connectivity index is 1.57. The van der Waals surface area contributed by atoms with E-state index in [1.165, 1.54) is 16.9 Å². The number of carboxylic acid groups (broad SMARTS) is 1. The number of halogens is 1. The maximum absolute atomic E-state index is 10.6. The van der Waals surface area contributed by atoms with Crippen LogP contribution in [-0.2, 0) is 6.42 Å². The lowest BCUT2D eigenvalue weighted by atomic mass is 9.89. The molecule has 1 heterocycles. The zero-order chi connectivity index (χ0) is 20.1. The maximum atomic E-state index is 10.6. The first kappa shape index (κ1) is 20.9. The third kappa shape index (κ3) is 5.60. The van der Waals surface area contributed by atoms with Crippen molar-refractivity contribution in [3.63, 3.8) is 0 Å². The molecule has 3 rings (SSSR count). The van der Waals surface area contributed by atoms with Crippen molar-refractivity contribution in [1.82, 2.24) is 0 Å². The molecule has 28 heavy (non-hydrogen) atoms. The van der Waals surface area contributed by atoms with Gasteiger partial charge in [0.1, 0.15) is 0 Å². The van der Waals surface area contributed by atoms with Gasteiger partial charge in [0.05, 0.1) is 6.10 Å². The van der Waals surface area contributed by atoms with Crippen molar-refractivity contribution in [1.29, 1.82) is 0 Å². The van der Waals surface area contributed by atoms with Gasteiger partial charge >= 0.3 is 6.16 Å². The van der Waals surface area contributed by atoms with Gasteiger partial charge in [-0.3, -0.25) is 0 Å². The molecule has 2 aromatic rings. The van der Waals surface area contributed by atoms with Crippen molar-refractivity contribution < 1.29 is 19.7 Å². The third-order valence-electron chi connectivity index (χ3n) is 5.21. The van der Waals surface area contributed by atoms with Gasteiger partial charge in [-0.2, -0.15) is 0 Å². The van der Waals surface area contributed by atoms with E-state index >= 15 is 0 Å². The highest BCUT2D eigenvalue weighted by atomic mass is 35.5. The van der Waals surface area contributed by atoms with Crippen LogP contribution >= 0.6 is 22.9 Å². The fraction of sp³-hybridized carbons (Fsp3) is 0.409. The number of aryl methyl sites for hydroxylation is 2. The number of rotatable bonds is 7. The molecule has 1 fully saturated rings. The number of aliphatic hydroxyl groups is 1. The highest BCUT2D eigenvalue weighted by molar-refractivity contribution is 7.13. The molecule has 2 N–H and O–H groups in total. The Morgan fingerprint density at radius 1 is 1.36 bits per heavy atom. The van der Waals surface area contributed by atoms with E-state index in [9.17, 15) is 9.90 Å². The fourth-order valence-corrected chi connectivity index (χ4v) is 5.24. The van der Waals surface area contributed by atoms with E-state index < -0.39 is 12.3 Å². The first-order valence-electron chi connectivity index (χ1n) is 9.49. The Kier molecular flexibility index (Phi) is 7.16. The number of hydrogen-bond acceptors (Lipinski definition) is 4. The van der Waals surface area contributed by atoms with Crippen molar-refractivity contribution in [2.75, 3.05) is 0 Å². The smallest absolute Gasteiger partial charge is 0.449 e. The lowest BCUT2D eigenvalue weighted by molar-refractivity contribution is 0.140. The molecule has 4 nitrogen and oxygen atoms in total. The van der Waals surface area contributed by atoms with Gasteiger partial charge in [0.2, 0.25) is 0 Å². The minimum absolute atomic E-state index is 0.0311. The number of aliphatic hydroxyl groups excluding tert-OH is 1. The lowest BCUT2D eigenvalue weighted by Crippen LogP contribution is -2.18. The molecule has 1 aromatic heterocycles. The number of thiophene rings is 1. The minimum Gasteiger partial charge on any atom is -0.449 e. The van der Waals surface area contributed by atoms with Crippen LogP contribution < -0.4 is 4.74 Å². The standard InChI is InChI=1S/C22H25ClO4S/c1-14-4-2-5-15(12-14)8-10-18-17(19(23)13-20(18)24)7-3-6-16-9-11-21(28-16)27-22(25)26/h2,4-5,8-12,17-20,24H,3,6-7,13H2,1H3,(H,25,26)/t17-,18-,19-,20-/m1/s1. The van der Waals surface area contributed by atoms with Crippen LogP contribution in [0.1, 0.15) is 35.3 Å². The van der Waals surface area contributed by atoms with Crippen LogP contribution in [0, 0.1) is 18.8 Å². The van der Waals surface area contributed by atoms with E-state index in [4.69, 9.17) is 16.7 Å². The van der Waals surface area contributed by atoms with Crippen LogP contribution in [0.15, 0.2) is 42.5 Å². The van der Waals surface area contributed by atoms with Crippen molar-refractivity contribution in [3.05, 3.63) is 58.5 Å². The summed E-state index contributed by atoms with van der Waals surface area (Å²) in [7, 11) is 0. The normalized spacial score (nSPS) is 24.7. The summed E-state index contributed by atoms with van der Waals surface area (Å²) in [5.41, 5.74) is 2.34. The molecule has 1 aliphatic carbocycles. The highest BCUT2D eigenvalue weighted by Gasteiger charge is 2.39. The Morgan fingerprint density at radius 2 is 2.18 bits per heavy atom. The largest absolute Gasteiger partial charge is 0.512 e. The van der Waals surface area contributed by atoms with Crippen LogP contribution in [0.25, 0.3) is 6.08 Å². The lowest BCUT2D eigenvalue weighted by Gasteiger charge is -2.20. The van der Waals surface area contributed by atoms with Gasteiger partial charge in [-0.25, -0.2) is 4.79 Å². The summed E-state index contributed by atoms with van der Waals surface area (Å²) < 4.78 is 4.68. The molecule has 6 heteroatoms. The van der Waals surface area contributed by atoms with Gasteiger partial charge in [-0.15, -0.1) is 22.9 Å². The molecule has 0 radical (unpaired) electrons. The van der Waals surface area contributed by atoms with Gasteiger partial charge in [-0.05, 0) is 56.2 Å². The summed E-state index contributed by atoms with van der Waals surface area (Å²) in [6, 6.07) is 11.9. The second-order valence-electron chi connectivity index (χ2n) is 7.31. The molecule has 150 valence electrons. The summed E-state index contributed by atoms with van der Waals surface area (Å²) >= 11 is 7.90. The van der Waals surface area contributed by atoms with E-state index in [1.807, 2.05) is 12.1 Å². The molecule has 1 aliphatic rings. The van der Waals surface area contributed by atoms with Crippen molar-refractivity contribution in [2.45, 2.75) is 44.1 Å². The summed E-state index contributed by atoms with van der Waals surface area (Å²) in [6.45, 7) is 2.07. The molecule has 1 aromatic carbocycles. The van der Waals surface area contributed by atoms with Crippen LogP contribution in [0.4, 0.5) is 4.79 Å².